The van der Waals surface area contributed by atoms with E-state index < -0.39 is 0 Å². The fraction of sp³-hybridized carbons (Fsp3) is 0.364. The first-order valence-electron chi connectivity index (χ1n) is 10.0. The molecule has 150 valence electrons. The van der Waals surface area contributed by atoms with Crippen molar-refractivity contribution in [3.05, 3.63) is 71.4 Å². The molecular weight excluding hydrogens is 366 g/mol. The molecule has 1 atom stereocenters. The summed E-state index contributed by atoms with van der Waals surface area (Å²) in [5.41, 5.74) is 3.51. The number of aromatic nitrogens is 3. The molecule has 4 heterocycles. The first-order valence-corrected chi connectivity index (χ1v) is 10.0. The van der Waals surface area contributed by atoms with Crippen LogP contribution in [0.1, 0.15) is 28.7 Å². The van der Waals surface area contributed by atoms with Gasteiger partial charge in [-0.25, -0.2) is 9.97 Å². The number of fused-ring (bicyclic) bond motifs is 2. The normalized spacial score (nSPS) is 18.4. The number of nitrogens with one attached hydrogen (secondary N) is 1. The topological polar surface area (TPSA) is 64.4 Å². The summed E-state index contributed by atoms with van der Waals surface area (Å²) in [5, 5.41) is 3.17. The fourth-order valence-electron chi connectivity index (χ4n) is 3.93. The monoisotopic (exact) mass is 391 g/mol. The molecule has 0 radical (unpaired) electrons. The summed E-state index contributed by atoms with van der Waals surface area (Å²) in [4.78, 5) is 11.4. The highest BCUT2D eigenvalue weighted by molar-refractivity contribution is 5.36. The second-order valence-electron chi connectivity index (χ2n) is 7.55. The molecule has 1 unspecified atom stereocenters. The maximum Gasteiger partial charge on any atom is 0.257 e. The minimum Gasteiger partial charge on any atom is -0.484 e. The van der Waals surface area contributed by atoms with E-state index in [1.54, 1.807) is 6.20 Å². The summed E-state index contributed by atoms with van der Waals surface area (Å²) in [6.45, 7) is 5.14. The number of benzene rings is 1. The van der Waals surface area contributed by atoms with Gasteiger partial charge in [0.25, 0.3) is 5.88 Å². The molecule has 3 aromatic rings. The molecule has 0 saturated carbocycles. The van der Waals surface area contributed by atoms with Crippen molar-refractivity contribution in [1.82, 2.24) is 24.8 Å². The van der Waals surface area contributed by atoms with E-state index in [0.717, 1.165) is 49.8 Å². The van der Waals surface area contributed by atoms with Crippen LogP contribution in [0.5, 0.6) is 11.6 Å². The molecule has 2 aromatic heterocycles. The third kappa shape index (κ3) is 3.83. The van der Waals surface area contributed by atoms with E-state index in [9.17, 15) is 0 Å². The summed E-state index contributed by atoms with van der Waals surface area (Å²) in [5.74, 6) is 2.42. The molecule has 0 bridgehead atoms. The van der Waals surface area contributed by atoms with Gasteiger partial charge in [-0.1, -0.05) is 24.3 Å². The van der Waals surface area contributed by atoms with E-state index in [0.29, 0.717) is 18.2 Å². The molecule has 5 rings (SSSR count). The lowest BCUT2D eigenvalue weighted by atomic mass is 10.1. The molecule has 0 aliphatic carbocycles. The molecule has 2 aliphatic rings. The summed E-state index contributed by atoms with van der Waals surface area (Å²) in [6.07, 6.45) is 3.76. The zero-order valence-corrected chi connectivity index (χ0v) is 16.5. The van der Waals surface area contributed by atoms with Crippen LogP contribution in [0.3, 0.4) is 0 Å². The van der Waals surface area contributed by atoms with Crippen LogP contribution >= 0.6 is 0 Å². The molecule has 7 nitrogen and oxygen atoms in total. The van der Waals surface area contributed by atoms with Crippen molar-refractivity contribution in [1.29, 1.82) is 0 Å². The van der Waals surface area contributed by atoms with E-state index in [1.807, 2.05) is 19.2 Å². The molecule has 0 amide bonds. The maximum absolute atomic E-state index is 6.01. The van der Waals surface area contributed by atoms with Crippen LogP contribution in [0, 0.1) is 0 Å². The summed E-state index contributed by atoms with van der Waals surface area (Å²) >= 11 is 0. The van der Waals surface area contributed by atoms with Gasteiger partial charge in [0.05, 0.1) is 12.2 Å². The molecule has 0 fully saturated rings. The Balaban J connectivity index is 1.22. The highest BCUT2D eigenvalue weighted by Gasteiger charge is 2.23. The van der Waals surface area contributed by atoms with Gasteiger partial charge in [0.1, 0.15) is 12.4 Å². The third-order valence-electron chi connectivity index (χ3n) is 5.43. The molecule has 0 spiro atoms. The van der Waals surface area contributed by atoms with E-state index in [-0.39, 0.29) is 6.10 Å². The number of ether oxygens (including phenoxy) is 2. The van der Waals surface area contributed by atoms with Crippen LogP contribution in [0.2, 0.25) is 0 Å². The van der Waals surface area contributed by atoms with Gasteiger partial charge >= 0.3 is 0 Å². The second kappa shape index (κ2) is 7.85. The van der Waals surface area contributed by atoms with Gasteiger partial charge < -0.3 is 19.4 Å². The van der Waals surface area contributed by atoms with E-state index in [2.05, 4.69) is 50.2 Å². The second-order valence-corrected chi connectivity index (χ2v) is 7.55. The van der Waals surface area contributed by atoms with Crippen molar-refractivity contribution in [3.63, 3.8) is 0 Å². The lowest BCUT2D eigenvalue weighted by Gasteiger charge is -2.28. The van der Waals surface area contributed by atoms with Crippen molar-refractivity contribution in [2.24, 2.45) is 0 Å². The number of rotatable bonds is 5. The minimum absolute atomic E-state index is 0.125. The van der Waals surface area contributed by atoms with Gasteiger partial charge in [0.2, 0.25) is 0 Å². The Bertz CT molecular complexity index is 985. The van der Waals surface area contributed by atoms with Crippen LogP contribution in [0.4, 0.5) is 0 Å². The summed E-state index contributed by atoms with van der Waals surface area (Å²) in [6, 6.07) is 12.4. The first-order chi connectivity index (χ1) is 14.3. The van der Waals surface area contributed by atoms with Crippen molar-refractivity contribution in [3.8, 4) is 11.6 Å². The van der Waals surface area contributed by atoms with Crippen LogP contribution in [0.15, 0.2) is 48.8 Å². The van der Waals surface area contributed by atoms with Crippen LogP contribution in [-0.2, 0) is 26.2 Å². The molecule has 0 saturated heterocycles. The Morgan fingerprint density at radius 3 is 2.93 bits per heavy atom. The van der Waals surface area contributed by atoms with Gasteiger partial charge in [-0.3, -0.25) is 4.90 Å². The molecular formula is C22H25N5O2. The average Bonchev–Trinajstić information content (AvgIpc) is 3.16. The average molecular weight is 391 g/mol. The largest absolute Gasteiger partial charge is 0.484 e. The lowest BCUT2D eigenvalue weighted by Crippen LogP contribution is -2.33. The number of nitrogens with zero attached hydrogens (tertiary/aromatic N) is 4. The van der Waals surface area contributed by atoms with Gasteiger partial charge in [0.15, 0.2) is 11.9 Å². The predicted octanol–water partition coefficient (Wildman–Crippen LogP) is 2.53. The smallest absolute Gasteiger partial charge is 0.257 e. The molecule has 7 heteroatoms. The standard InChI is InChI=1S/C22H25N5O2/c1-23-11-18-13-27-10-9-26(14-21(27)25-18)12-16-4-6-17(7-5-16)20-15-28-19-3-2-8-24-22(19)29-20/h2-8,13,20,23H,9-12,14-15H2,1H3. The molecule has 1 N–H and O–H groups in total. The Kier molecular flexibility index (Phi) is 4.91. The van der Waals surface area contributed by atoms with Crippen LogP contribution in [-0.4, -0.2) is 39.6 Å². The Morgan fingerprint density at radius 2 is 2.07 bits per heavy atom. The molecule has 1 aromatic carbocycles. The quantitative estimate of drug-likeness (QED) is 0.721. The number of imidazole rings is 1. The highest BCUT2D eigenvalue weighted by Crippen LogP contribution is 2.34. The van der Waals surface area contributed by atoms with Crippen molar-refractivity contribution >= 4 is 0 Å². The van der Waals surface area contributed by atoms with Crippen LogP contribution in [0.25, 0.3) is 0 Å². The van der Waals surface area contributed by atoms with Gasteiger partial charge in [-0.2, -0.15) is 0 Å². The zero-order chi connectivity index (χ0) is 19.6. The predicted molar refractivity (Wildman–Crippen MR) is 109 cm³/mol. The van der Waals surface area contributed by atoms with Crippen molar-refractivity contribution < 1.29 is 9.47 Å². The maximum atomic E-state index is 6.01. The van der Waals surface area contributed by atoms with Crippen molar-refractivity contribution in [2.45, 2.75) is 32.3 Å². The number of hydrogen-bond acceptors (Lipinski definition) is 6. The first kappa shape index (κ1) is 18.1. The Labute approximate surface area is 170 Å². The molecule has 29 heavy (non-hydrogen) atoms. The van der Waals surface area contributed by atoms with E-state index in [1.165, 1.54) is 5.56 Å². The van der Waals surface area contributed by atoms with E-state index in [4.69, 9.17) is 14.5 Å². The highest BCUT2D eigenvalue weighted by atomic mass is 16.6. The van der Waals surface area contributed by atoms with Crippen LogP contribution < -0.4 is 14.8 Å². The van der Waals surface area contributed by atoms with E-state index >= 15 is 0 Å². The fourth-order valence-corrected chi connectivity index (χ4v) is 3.93. The zero-order valence-electron chi connectivity index (χ0n) is 16.5. The number of hydrogen-bond donors (Lipinski definition) is 1. The SMILES string of the molecule is CNCc1cn2c(n1)CN(Cc1ccc(C3COc4cccnc4O3)cc1)CC2. The van der Waals surface area contributed by atoms with Crippen molar-refractivity contribution in [2.75, 3.05) is 20.2 Å². The number of pyridine rings is 1. The third-order valence-corrected chi connectivity index (χ3v) is 5.43. The Morgan fingerprint density at radius 1 is 1.17 bits per heavy atom. The van der Waals surface area contributed by atoms with Gasteiger partial charge in [-0.15, -0.1) is 0 Å². The summed E-state index contributed by atoms with van der Waals surface area (Å²) in [7, 11) is 1.95. The summed E-state index contributed by atoms with van der Waals surface area (Å²) < 4.78 is 14.1. The van der Waals surface area contributed by atoms with Gasteiger partial charge in [-0.05, 0) is 30.3 Å². The minimum atomic E-state index is -0.125. The Hall–Kier alpha value is -2.90. The lowest BCUT2D eigenvalue weighted by molar-refractivity contribution is 0.0850. The van der Waals surface area contributed by atoms with Gasteiger partial charge in [0, 0.05) is 38.6 Å². The molecule has 2 aliphatic heterocycles.